The summed E-state index contributed by atoms with van der Waals surface area (Å²) in [5.41, 5.74) is 6.53. The van der Waals surface area contributed by atoms with Gasteiger partial charge in [-0.1, -0.05) is 35.9 Å². The Kier molecular flexibility index (Phi) is 4.06. The van der Waals surface area contributed by atoms with E-state index in [1.165, 1.54) is 0 Å². The molecule has 1 aromatic rings. The number of nitriles is 3. The van der Waals surface area contributed by atoms with E-state index in [0.717, 1.165) is 30.4 Å². The second kappa shape index (κ2) is 6.04. The third-order valence-electron chi connectivity index (χ3n) is 5.04. The van der Waals surface area contributed by atoms with Crippen molar-refractivity contribution in [1.29, 1.82) is 15.8 Å². The molecule has 0 heterocycles. The number of hydrogen-bond donors (Lipinski definition) is 1. The molecule has 0 radical (unpaired) electrons. The van der Waals surface area contributed by atoms with Gasteiger partial charge in [-0.2, -0.15) is 15.8 Å². The maximum Gasteiger partial charge on any atom is 0.191 e. The molecule has 2 aliphatic rings. The van der Waals surface area contributed by atoms with E-state index in [1.54, 1.807) is 6.07 Å². The molecule has 3 rings (SSSR count). The maximum atomic E-state index is 9.88. The van der Waals surface area contributed by atoms with Crippen LogP contribution in [0, 0.1) is 45.3 Å². The van der Waals surface area contributed by atoms with Gasteiger partial charge in [0.2, 0.25) is 0 Å². The van der Waals surface area contributed by atoms with Crippen LogP contribution in [0.15, 0.2) is 47.2 Å². The maximum absolute atomic E-state index is 9.88. The Morgan fingerprint density at radius 3 is 2.50 bits per heavy atom. The van der Waals surface area contributed by atoms with Crippen LogP contribution in [0.3, 0.4) is 0 Å². The Hall–Kier alpha value is -2.74. The number of nitrogens with two attached hydrogens (primary N) is 1. The van der Waals surface area contributed by atoms with Crippen molar-refractivity contribution in [2.45, 2.75) is 25.2 Å². The first kappa shape index (κ1) is 16.1. The van der Waals surface area contributed by atoms with Gasteiger partial charge in [0.15, 0.2) is 5.41 Å². The van der Waals surface area contributed by atoms with Crippen LogP contribution in [-0.2, 0) is 0 Å². The molecule has 0 aromatic heterocycles. The quantitative estimate of drug-likeness (QED) is 0.841. The SMILES string of the molecule is N#CC1=C(N)C(C#N)(C#N)[C@H](c2ccccc2Cl)C2CCCC=C12. The molecule has 0 fully saturated rings. The van der Waals surface area contributed by atoms with Gasteiger partial charge >= 0.3 is 0 Å². The lowest BCUT2D eigenvalue weighted by atomic mass is 9.57. The molecule has 118 valence electrons. The van der Waals surface area contributed by atoms with E-state index in [9.17, 15) is 15.8 Å². The lowest BCUT2D eigenvalue weighted by Gasteiger charge is -2.43. The number of halogens is 1. The summed E-state index contributed by atoms with van der Waals surface area (Å²) in [4.78, 5) is 0. The van der Waals surface area contributed by atoms with E-state index in [2.05, 4.69) is 18.2 Å². The Balaban J connectivity index is 2.37. The molecule has 0 amide bonds. The van der Waals surface area contributed by atoms with Crippen LogP contribution < -0.4 is 5.73 Å². The summed E-state index contributed by atoms with van der Waals surface area (Å²) in [7, 11) is 0. The summed E-state index contributed by atoms with van der Waals surface area (Å²) in [6, 6.07) is 13.6. The summed E-state index contributed by atoms with van der Waals surface area (Å²) in [5, 5.41) is 29.8. The van der Waals surface area contributed by atoms with E-state index in [1.807, 2.05) is 24.3 Å². The molecule has 24 heavy (non-hydrogen) atoms. The Bertz CT molecular complexity index is 862. The van der Waals surface area contributed by atoms with Crippen molar-refractivity contribution in [3.8, 4) is 18.2 Å². The topological polar surface area (TPSA) is 97.4 Å². The van der Waals surface area contributed by atoms with Crippen LogP contribution in [0.2, 0.25) is 5.02 Å². The van der Waals surface area contributed by atoms with Crippen molar-refractivity contribution < 1.29 is 0 Å². The third-order valence-corrected chi connectivity index (χ3v) is 5.38. The fourth-order valence-corrected chi connectivity index (χ4v) is 4.20. The van der Waals surface area contributed by atoms with Crippen molar-refractivity contribution in [2.24, 2.45) is 17.1 Å². The molecule has 2 aliphatic carbocycles. The molecule has 4 nitrogen and oxygen atoms in total. The molecule has 0 aliphatic heterocycles. The van der Waals surface area contributed by atoms with Gasteiger partial charge in [0.1, 0.15) is 6.07 Å². The van der Waals surface area contributed by atoms with E-state index in [0.29, 0.717) is 5.02 Å². The van der Waals surface area contributed by atoms with Crippen LogP contribution in [0.25, 0.3) is 0 Å². The summed E-state index contributed by atoms with van der Waals surface area (Å²) in [6.45, 7) is 0. The van der Waals surface area contributed by atoms with E-state index in [-0.39, 0.29) is 17.2 Å². The first-order valence-corrected chi connectivity index (χ1v) is 8.16. The summed E-state index contributed by atoms with van der Waals surface area (Å²) < 4.78 is 0. The van der Waals surface area contributed by atoms with Crippen LogP contribution >= 0.6 is 11.6 Å². The molecule has 0 saturated heterocycles. The molecular weight excluding hydrogens is 320 g/mol. The van der Waals surface area contributed by atoms with Crippen molar-refractivity contribution >= 4 is 11.6 Å². The zero-order chi connectivity index (χ0) is 17.3. The van der Waals surface area contributed by atoms with Gasteiger partial charge in [-0.3, -0.25) is 0 Å². The van der Waals surface area contributed by atoms with Gasteiger partial charge in [-0.15, -0.1) is 0 Å². The van der Waals surface area contributed by atoms with Crippen molar-refractivity contribution in [3.63, 3.8) is 0 Å². The van der Waals surface area contributed by atoms with Crippen LogP contribution in [0.4, 0.5) is 0 Å². The molecule has 0 saturated carbocycles. The van der Waals surface area contributed by atoms with Gasteiger partial charge in [0, 0.05) is 10.9 Å². The number of benzene rings is 1. The molecule has 5 heteroatoms. The van der Waals surface area contributed by atoms with Gasteiger partial charge in [-0.25, -0.2) is 0 Å². The fraction of sp³-hybridized carbons (Fsp3) is 0.316. The molecular formula is C19H15ClN4. The first-order valence-electron chi connectivity index (χ1n) is 7.78. The number of allylic oxidation sites excluding steroid dienone is 4. The Morgan fingerprint density at radius 2 is 1.88 bits per heavy atom. The Labute approximate surface area is 146 Å². The van der Waals surface area contributed by atoms with Gasteiger partial charge in [0.05, 0.1) is 23.4 Å². The lowest BCUT2D eigenvalue weighted by molar-refractivity contribution is 0.317. The predicted molar refractivity (Wildman–Crippen MR) is 90.1 cm³/mol. The molecule has 1 aromatic carbocycles. The van der Waals surface area contributed by atoms with Gasteiger partial charge in [0.25, 0.3) is 0 Å². The summed E-state index contributed by atoms with van der Waals surface area (Å²) in [5.74, 6) is -0.593. The third kappa shape index (κ3) is 2.10. The highest BCUT2D eigenvalue weighted by Gasteiger charge is 2.54. The van der Waals surface area contributed by atoms with Crippen LogP contribution in [0.1, 0.15) is 30.7 Å². The standard InChI is InChI=1S/C19H15ClN4/c20-16-8-4-3-7-14(16)17-13-6-2-1-5-12(13)15(9-21)18(24)19(17,10-22)11-23/h3-5,7-8,13,17H,1-2,6,24H2/t13?,17-/m0/s1. The van der Waals surface area contributed by atoms with E-state index >= 15 is 0 Å². The highest BCUT2D eigenvalue weighted by molar-refractivity contribution is 6.31. The molecule has 2 N–H and O–H groups in total. The minimum Gasteiger partial charge on any atom is -0.399 e. The van der Waals surface area contributed by atoms with Crippen LogP contribution in [-0.4, -0.2) is 0 Å². The van der Waals surface area contributed by atoms with Gasteiger partial charge in [-0.05, 0) is 42.4 Å². The van der Waals surface area contributed by atoms with E-state index < -0.39 is 11.3 Å². The molecule has 0 bridgehead atoms. The zero-order valence-corrected chi connectivity index (χ0v) is 13.7. The zero-order valence-electron chi connectivity index (χ0n) is 13.0. The highest BCUT2D eigenvalue weighted by Crippen LogP contribution is 2.56. The first-order chi connectivity index (χ1) is 11.6. The number of hydrogen-bond acceptors (Lipinski definition) is 4. The fourth-order valence-electron chi connectivity index (χ4n) is 3.94. The molecule has 2 atom stereocenters. The lowest BCUT2D eigenvalue weighted by Crippen LogP contribution is -2.42. The summed E-state index contributed by atoms with van der Waals surface area (Å²) in [6.07, 6.45) is 4.62. The highest BCUT2D eigenvalue weighted by atomic mass is 35.5. The number of fused-ring (bicyclic) bond motifs is 1. The van der Waals surface area contributed by atoms with E-state index in [4.69, 9.17) is 17.3 Å². The monoisotopic (exact) mass is 334 g/mol. The normalized spacial score (nSPS) is 24.8. The predicted octanol–water partition coefficient (Wildman–Crippen LogP) is 3.93. The van der Waals surface area contributed by atoms with Crippen molar-refractivity contribution in [2.75, 3.05) is 0 Å². The van der Waals surface area contributed by atoms with Gasteiger partial charge < -0.3 is 5.73 Å². The Morgan fingerprint density at radius 1 is 1.17 bits per heavy atom. The largest absolute Gasteiger partial charge is 0.399 e. The molecule has 0 spiro atoms. The average Bonchev–Trinajstić information content (AvgIpc) is 2.62. The average molecular weight is 335 g/mol. The summed E-state index contributed by atoms with van der Waals surface area (Å²) >= 11 is 6.39. The molecule has 1 unspecified atom stereocenters. The minimum atomic E-state index is -1.59. The second-order valence-electron chi connectivity index (χ2n) is 6.13. The van der Waals surface area contributed by atoms with Crippen molar-refractivity contribution in [3.05, 3.63) is 57.8 Å². The smallest absolute Gasteiger partial charge is 0.191 e. The van der Waals surface area contributed by atoms with Crippen molar-refractivity contribution in [1.82, 2.24) is 0 Å². The minimum absolute atomic E-state index is 0.0457. The second-order valence-corrected chi connectivity index (χ2v) is 6.54. The number of nitrogens with zero attached hydrogens (tertiary/aromatic N) is 3. The van der Waals surface area contributed by atoms with Crippen LogP contribution in [0.5, 0.6) is 0 Å². The number of rotatable bonds is 1.